The van der Waals surface area contributed by atoms with Crippen LogP contribution in [0.25, 0.3) is 11.1 Å². The summed E-state index contributed by atoms with van der Waals surface area (Å²) < 4.78 is 42.6. The lowest BCUT2D eigenvalue weighted by molar-refractivity contribution is -0.142. The number of benzene rings is 2. The second-order valence-corrected chi connectivity index (χ2v) is 5.97. The molecule has 3 aromatic rings. The molecule has 0 aliphatic carbocycles. The average molecular weight is 401 g/mol. The zero-order valence-corrected chi connectivity index (χ0v) is 15.4. The van der Waals surface area contributed by atoms with Crippen molar-refractivity contribution in [2.24, 2.45) is 0 Å². The Bertz CT molecular complexity index is 1060. The molecule has 0 amide bonds. The van der Waals surface area contributed by atoms with E-state index in [0.29, 0.717) is 5.56 Å². The van der Waals surface area contributed by atoms with Crippen molar-refractivity contribution in [2.75, 3.05) is 13.7 Å². The third kappa shape index (κ3) is 4.98. The molecule has 3 rings (SSSR count). The van der Waals surface area contributed by atoms with Gasteiger partial charge in [0.25, 0.3) is 5.56 Å². The Morgan fingerprint density at radius 3 is 2.45 bits per heavy atom. The van der Waals surface area contributed by atoms with Crippen molar-refractivity contribution in [3.63, 3.8) is 0 Å². The van der Waals surface area contributed by atoms with Gasteiger partial charge in [0.1, 0.15) is 18.2 Å². The minimum Gasteiger partial charge on any atom is -0.488 e. The molecule has 0 fully saturated rings. The fraction of sp³-hybridized carbons (Fsp3) is 0.143. The number of pyridine rings is 1. The van der Waals surface area contributed by atoms with E-state index in [2.05, 4.69) is 9.72 Å². The van der Waals surface area contributed by atoms with Crippen LogP contribution in [0.2, 0.25) is 0 Å². The van der Waals surface area contributed by atoms with Crippen molar-refractivity contribution in [2.45, 2.75) is 6.61 Å². The van der Waals surface area contributed by atoms with E-state index in [0.717, 1.165) is 6.07 Å². The van der Waals surface area contributed by atoms with E-state index in [1.165, 1.54) is 37.6 Å². The zero-order valence-electron chi connectivity index (χ0n) is 15.4. The maximum atomic E-state index is 14.4. The molecule has 0 unspecified atom stereocenters. The minimum absolute atomic E-state index is 0.0968. The van der Waals surface area contributed by atoms with Crippen LogP contribution in [0.4, 0.5) is 8.78 Å². The molecular formula is C21H17F2NO5. The Morgan fingerprint density at radius 1 is 1.00 bits per heavy atom. The predicted molar refractivity (Wildman–Crippen MR) is 101 cm³/mol. The van der Waals surface area contributed by atoms with Crippen molar-refractivity contribution in [3.05, 3.63) is 82.3 Å². The van der Waals surface area contributed by atoms with E-state index < -0.39 is 24.0 Å². The highest BCUT2D eigenvalue weighted by atomic mass is 19.1. The van der Waals surface area contributed by atoms with E-state index in [9.17, 15) is 18.4 Å². The van der Waals surface area contributed by atoms with Gasteiger partial charge < -0.3 is 19.2 Å². The van der Waals surface area contributed by atoms with Gasteiger partial charge in [-0.05, 0) is 41.5 Å². The number of H-pyrrole nitrogens is 1. The molecule has 0 aliphatic heterocycles. The lowest BCUT2D eigenvalue weighted by Crippen LogP contribution is -2.13. The number of hydrogen-bond acceptors (Lipinski definition) is 5. The Kier molecular flexibility index (Phi) is 6.23. The van der Waals surface area contributed by atoms with Crippen LogP contribution in [-0.2, 0) is 16.1 Å². The largest absolute Gasteiger partial charge is 0.488 e. The number of carbonyl (C=O) groups excluding carboxylic acids is 1. The van der Waals surface area contributed by atoms with E-state index in [-0.39, 0.29) is 35.1 Å². The molecule has 0 spiro atoms. The summed E-state index contributed by atoms with van der Waals surface area (Å²) in [5, 5.41) is 0. The van der Waals surface area contributed by atoms with Gasteiger partial charge >= 0.3 is 5.97 Å². The number of esters is 1. The summed E-state index contributed by atoms with van der Waals surface area (Å²) in [7, 11) is 1.19. The lowest BCUT2D eigenvalue weighted by Gasteiger charge is -2.12. The van der Waals surface area contributed by atoms with Gasteiger partial charge in [-0.2, -0.15) is 0 Å². The van der Waals surface area contributed by atoms with Crippen LogP contribution in [0.1, 0.15) is 5.56 Å². The number of aromatic nitrogens is 1. The van der Waals surface area contributed by atoms with Crippen LogP contribution in [-0.4, -0.2) is 24.7 Å². The summed E-state index contributed by atoms with van der Waals surface area (Å²) in [6.45, 7) is -0.343. The Balaban J connectivity index is 1.84. The molecule has 8 heteroatoms. The van der Waals surface area contributed by atoms with Gasteiger partial charge in [0, 0.05) is 6.20 Å². The van der Waals surface area contributed by atoms with E-state index in [4.69, 9.17) is 9.47 Å². The summed E-state index contributed by atoms with van der Waals surface area (Å²) in [6, 6.07) is 11.2. The van der Waals surface area contributed by atoms with Gasteiger partial charge in [-0.25, -0.2) is 13.6 Å². The van der Waals surface area contributed by atoms with Crippen molar-refractivity contribution in [1.82, 2.24) is 4.98 Å². The molecular weight excluding hydrogens is 384 g/mol. The van der Waals surface area contributed by atoms with Gasteiger partial charge in [0.05, 0.1) is 12.7 Å². The first-order valence-electron chi connectivity index (χ1n) is 8.56. The molecule has 6 nitrogen and oxygen atoms in total. The Morgan fingerprint density at radius 2 is 1.76 bits per heavy atom. The third-order valence-corrected chi connectivity index (χ3v) is 4.02. The molecule has 0 radical (unpaired) electrons. The third-order valence-electron chi connectivity index (χ3n) is 4.02. The SMILES string of the molecule is COC(=O)COc1ccc(-c2c(OCc3ccc(F)cc3)cc[nH]c2=O)cc1F. The van der Waals surface area contributed by atoms with Crippen LogP contribution in [0.5, 0.6) is 11.5 Å². The lowest BCUT2D eigenvalue weighted by atomic mass is 10.1. The van der Waals surface area contributed by atoms with Gasteiger partial charge in [-0.1, -0.05) is 18.2 Å². The second-order valence-electron chi connectivity index (χ2n) is 5.97. The van der Waals surface area contributed by atoms with Crippen molar-refractivity contribution in [1.29, 1.82) is 0 Å². The maximum absolute atomic E-state index is 14.4. The van der Waals surface area contributed by atoms with Crippen molar-refractivity contribution < 1.29 is 27.8 Å². The first kappa shape index (κ1) is 20.1. The summed E-state index contributed by atoms with van der Waals surface area (Å²) in [5.74, 6) is -1.68. The highest BCUT2D eigenvalue weighted by Crippen LogP contribution is 2.30. The van der Waals surface area contributed by atoms with Crippen molar-refractivity contribution >= 4 is 5.97 Å². The molecule has 29 heavy (non-hydrogen) atoms. The number of ether oxygens (including phenoxy) is 3. The van der Waals surface area contributed by atoms with Gasteiger partial charge in [0.15, 0.2) is 18.2 Å². The monoisotopic (exact) mass is 401 g/mol. The highest BCUT2D eigenvalue weighted by molar-refractivity contribution is 5.71. The first-order chi connectivity index (χ1) is 14.0. The molecule has 0 aliphatic rings. The smallest absolute Gasteiger partial charge is 0.343 e. The van der Waals surface area contributed by atoms with E-state index in [1.54, 1.807) is 18.2 Å². The summed E-state index contributed by atoms with van der Waals surface area (Å²) in [4.78, 5) is 26.0. The molecule has 0 bridgehead atoms. The second kappa shape index (κ2) is 9.01. The quantitative estimate of drug-likeness (QED) is 0.614. The molecule has 1 heterocycles. The van der Waals surface area contributed by atoms with Crippen LogP contribution >= 0.6 is 0 Å². The molecule has 1 N–H and O–H groups in total. The highest BCUT2D eigenvalue weighted by Gasteiger charge is 2.15. The van der Waals surface area contributed by atoms with Gasteiger partial charge in [-0.15, -0.1) is 0 Å². The summed E-state index contributed by atoms with van der Waals surface area (Å²) in [6.07, 6.45) is 1.41. The first-order valence-corrected chi connectivity index (χ1v) is 8.56. The normalized spacial score (nSPS) is 10.4. The minimum atomic E-state index is -0.751. The number of aromatic amines is 1. The number of methoxy groups -OCH3 is 1. The molecule has 0 saturated heterocycles. The molecule has 0 saturated carbocycles. The fourth-order valence-corrected chi connectivity index (χ4v) is 2.56. The number of halogens is 2. The summed E-state index contributed by atoms with van der Waals surface area (Å²) >= 11 is 0. The number of carbonyl (C=O) groups is 1. The number of hydrogen-bond donors (Lipinski definition) is 1. The maximum Gasteiger partial charge on any atom is 0.343 e. The molecule has 0 atom stereocenters. The molecule has 1 aromatic heterocycles. The summed E-state index contributed by atoms with van der Waals surface area (Å²) in [5.41, 5.74) is 0.636. The predicted octanol–water partition coefficient (Wildman–Crippen LogP) is 3.45. The van der Waals surface area contributed by atoms with Gasteiger partial charge in [0.2, 0.25) is 0 Å². The van der Waals surface area contributed by atoms with E-state index in [1.807, 2.05) is 0 Å². The fourth-order valence-electron chi connectivity index (χ4n) is 2.56. The zero-order chi connectivity index (χ0) is 20.8. The number of rotatable bonds is 7. The average Bonchev–Trinajstić information content (AvgIpc) is 2.72. The van der Waals surface area contributed by atoms with Crippen LogP contribution in [0.15, 0.2) is 59.5 Å². The Labute approximate surface area is 164 Å². The Hall–Kier alpha value is -3.68. The topological polar surface area (TPSA) is 77.6 Å². The van der Waals surface area contributed by atoms with Crippen LogP contribution in [0.3, 0.4) is 0 Å². The standard InChI is InChI=1S/C21H17F2NO5/c1-27-19(25)12-29-17-7-4-14(10-16(17)23)20-18(8-9-24-21(20)26)28-11-13-2-5-15(22)6-3-13/h2-10H,11-12H2,1H3,(H,24,26). The van der Waals surface area contributed by atoms with Crippen LogP contribution < -0.4 is 15.0 Å². The van der Waals surface area contributed by atoms with Crippen molar-refractivity contribution in [3.8, 4) is 22.6 Å². The molecule has 2 aromatic carbocycles. The molecule has 150 valence electrons. The number of nitrogens with one attached hydrogen (secondary N) is 1. The van der Waals surface area contributed by atoms with Crippen LogP contribution in [0, 0.1) is 11.6 Å². The van der Waals surface area contributed by atoms with E-state index >= 15 is 0 Å². The van der Waals surface area contributed by atoms with Gasteiger partial charge in [-0.3, -0.25) is 4.79 Å².